The number of carbonyl (C=O) groups is 2. The van der Waals surface area contributed by atoms with Crippen molar-refractivity contribution in [1.82, 2.24) is 4.90 Å². The monoisotopic (exact) mass is 293 g/mol. The molecule has 0 saturated heterocycles. The van der Waals surface area contributed by atoms with Gasteiger partial charge in [0.05, 0.1) is 5.92 Å². The molecule has 5 heteroatoms. The van der Waals surface area contributed by atoms with Gasteiger partial charge in [0.2, 0.25) is 5.91 Å². The van der Waals surface area contributed by atoms with E-state index in [1.807, 2.05) is 31.2 Å². The van der Waals surface area contributed by atoms with Crippen LogP contribution in [0.4, 0.5) is 4.39 Å². The van der Waals surface area contributed by atoms with Gasteiger partial charge in [-0.2, -0.15) is 0 Å². The molecule has 0 aliphatic heterocycles. The summed E-state index contributed by atoms with van der Waals surface area (Å²) >= 11 is 0. The van der Waals surface area contributed by atoms with Gasteiger partial charge < -0.3 is 10.0 Å². The molecule has 0 bridgehead atoms. The number of halogens is 1. The average molecular weight is 293 g/mol. The Kier molecular flexibility index (Phi) is 4.94. The van der Waals surface area contributed by atoms with Crippen LogP contribution in [0, 0.1) is 12.8 Å². The number of carboxylic acids is 1. The lowest BCUT2D eigenvalue weighted by molar-refractivity contribution is -0.138. The van der Waals surface area contributed by atoms with Crippen LogP contribution < -0.4 is 0 Å². The normalized spacial score (nSPS) is 20.1. The second-order valence-corrected chi connectivity index (χ2v) is 5.54. The molecule has 114 valence electrons. The van der Waals surface area contributed by atoms with Crippen molar-refractivity contribution in [1.29, 1.82) is 0 Å². The molecule has 1 saturated carbocycles. The summed E-state index contributed by atoms with van der Waals surface area (Å²) in [5.41, 5.74) is 2.08. The van der Waals surface area contributed by atoms with Gasteiger partial charge >= 0.3 is 5.97 Å². The SMILES string of the molecule is Cc1ccccc1CN(CCCC(=O)O)C(=O)[C@H]1C[C@H]1F. The summed E-state index contributed by atoms with van der Waals surface area (Å²) in [7, 11) is 0. The third-order valence-electron chi connectivity index (χ3n) is 3.78. The first-order chi connectivity index (χ1) is 9.99. The van der Waals surface area contributed by atoms with Gasteiger partial charge in [0, 0.05) is 19.5 Å². The maximum atomic E-state index is 13.1. The van der Waals surface area contributed by atoms with E-state index in [2.05, 4.69) is 0 Å². The molecule has 1 fully saturated rings. The first kappa shape index (κ1) is 15.5. The van der Waals surface area contributed by atoms with Crippen LogP contribution in [0.25, 0.3) is 0 Å². The van der Waals surface area contributed by atoms with Crippen molar-refractivity contribution >= 4 is 11.9 Å². The van der Waals surface area contributed by atoms with Crippen LogP contribution in [-0.4, -0.2) is 34.6 Å². The van der Waals surface area contributed by atoms with Crippen molar-refractivity contribution in [3.05, 3.63) is 35.4 Å². The Morgan fingerprint density at radius 2 is 2.05 bits per heavy atom. The Bertz CT molecular complexity index is 532. The van der Waals surface area contributed by atoms with Gasteiger partial charge in [0.1, 0.15) is 6.17 Å². The third-order valence-corrected chi connectivity index (χ3v) is 3.78. The van der Waals surface area contributed by atoms with E-state index < -0.39 is 18.1 Å². The zero-order valence-electron chi connectivity index (χ0n) is 12.1. The predicted molar refractivity (Wildman–Crippen MR) is 76.5 cm³/mol. The van der Waals surface area contributed by atoms with Crippen molar-refractivity contribution in [2.45, 2.75) is 38.9 Å². The number of carboxylic acid groups (broad SMARTS) is 1. The van der Waals surface area contributed by atoms with Crippen molar-refractivity contribution < 1.29 is 19.1 Å². The van der Waals surface area contributed by atoms with Crippen LogP contribution in [0.15, 0.2) is 24.3 Å². The molecule has 1 aromatic carbocycles. The molecule has 1 aliphatic carbocycles. The Labute approximate surface area is 123 Å². The van der Waals surface area contributed by atoms with Crippen LogP contribution in [0.5, 0.6) is 0 Å². The summed E-state index contributed by atoms with van der Waals surface area (Å²) < 4.78 is 13.1. The molecule has 1 amide bonds. The maximum absolute atomic E-state index is 13.1. The van der Waals surface area contributed by atoms with Crippen molar-refractivity contribution in [2.24, 2.45) is 5.92 Å². The molecule has 1 aromatic rings. The number of aliphatic carboxylic acids is 1. The van der Waals surface area contributed by atoms with Crippen LogP contribution in [0.3, 0.4) is 0 Å². The lowest BCUT2D eigenvalue weighted by Crippen LogP contribution is -2.33. The number of nitrogens with zero attached hydrogens (tertiary/aromatic N) is 1. The molecule has 0 radical (unpaired) electrons. The number of rotatable bonds is 7. The maximum Gasteiger partial charge on any atom is 0.303 e. The number of alkyl halides is 1. The topological polar surface area (TPSA) is 57.6 Å². The summed E-state index contributed by atoms with van der Waals surface area (Å²) in [4.78, 5) is 24.4. The Hall–Kier alpha value is -1.91. The van der Waals surface area contributed by atoms with E-state index in [-0.39, 0.29) is 12.3 Å². The highest BCUT2D eigenvalue weighted by Crippen LogP contribution is 2.36. The zero-order chi connectivity index (χ0) is 15.4. The van der Waals surface area contributed by atoms with E-state index in [1.165, 1.54) is 0 Å². The second-order valence-electron chi connectivity index (χ2n) is 5.54. The molecule has 0 unspecified atom stereocenters. The van der Waals surface area contributed by atoms with Gasteiger partial charge in [-0.1, -0.05) is 24.3 Å². The minimum Gasteiger partial charge on any atom is -0.481 e. The van der Waals surface area contributed by atoms with Gasteiger partial charge in [0.25, 0.3) is 0 Å². The van der Waals surface area contributed by atoms with E-state index >= 15 is 0 Å². The highest BCUT2D eigenvalue weighted by Gasteiger charge is 2.45. The fraction of sp³-hybridized carbons (Fsp3) is 0.500. The van der Waals surface area contributed by atoms with Gasteiger partial charge in [-0.05, 0) is 30.9 Å². The largest absolute Gasteiger partial charge is 0.481 e. The molecule has 1 N–H and O–H groups in total. The van der Waals surface area contributed by atoms with Crippen LogP contribution in [0.2, 0.25) is 0 Å². The molecule has 0 heterocycles. The average Bonchev–Trinajstić information content (AvgIpc) is 3.16. The molecular weight excluding hydrogens is 273 g/mol. The number of aryl methyl sites for hydroxylation is 1. The molecular formula is C16H20FNO3. The van der Waals surface area contributed by atoms with Gasteiger partial charge in [-0.3, -0.25) is 9.59 Å². The van der Waals surface area contributed by atoms with E-state index in [1.54, 1.807) is 4.90 Å². The summed E-state index contributed by atoms with van der Waals surface area (Å²) in [5, 5.41) is 8.70. The number of hydrogen-bond acceptors (Lipinski definition) is 2. The Balaban J connectivity index is 2.02. The highest BCUT2D eigenvalue weighted by molar-refractivity contribution is 5.82. The summed E-state index contributed by atoms with van der Waals surface area (Å²) in [6.07, 6.45) is -0.337. The summed E-state index contributed by atoms with van der Waals surface area (Å²) in [6.45, 7) is 2.72. The molecule has 2 rings (SSSR count). The van der Waals surface area contributed by atoms with Gasteiger partial charge in [-0.25, -0.2) is 4.39 Å². The lowest BCUT2D eigenvalue weighted by Gasteiger charge is -2.23. The number of carbonyl (C=O) groups excluding carboxylic acids is 1. The zero-order valence-corrected chi connectivity index (χ0v) is 12.1. The fourth-order valence-corrected chi connectivity index (χ4v) is 2.34. The van der Waals surface area contributed by atoms with Crippen LogP contribution >= 0.6 is 0 Å². The van der Waals surface area contributed by atoms with E-state index in [0.717, 1.165) is 11.1 Å². The standard InChI is InChI=1S/C16H20FNO3/c1-11-5-2-3-6-12(11)10-18(8-4-7-15(19)20)16(21)13-9-14(13)17/h2-3,5-6,13-14H,4,7-10H2,1H3,(H,19,20)/t13-,14+/m0/s1. The number of benzene rings is 1. The second kappa shape index (κ2) is 6.70. The fourth-order valence-electron chi connectivity index (χ4n) is 2.34. The van der Waals surface area contributed by atoms with Gasteiger partial charge in [-0.15, -0.1) is 0 Å². The van der Waals surface area contributed by atoms with Crippen LogP contribution in [0.1, 0.15) is 30.4 Å². The lowest BCUT2D eigenvalue weighted by atomic mass is 10.1. The molecule has 2 atom stereocenters. The summed E-state index contributed by atoms with van der Waals surface area (Å²) in [6, 6.07) is 7.72. The molecule has 0 aromatic heterocycles. The Morgan fingerprint density at radius 3 is 2.62 bits per heavy atom. The van der Waals surface area contributed by atoms with Crippen molar-refractivity contribution in [3.63, 3.8) is 0 Å². The van der Waals surface area contributed by atoms with E-state index in [4.69, 9.17) is 5.11 Å². The van der Waals surface area contributed by atoms with Crippen molar-refractivity contribution in [3.8, 4) is 0 Å². The highest BCUT2D eigenvalue weighted by atomic mass is 19.1. The van der Waals surface area contributed by atoms with Gasteiger partial charge in [0.15, 0.2) is 0 Å². The van der Waals surface area contributed by atoms with E-state index in [9.17, 15) is 14.0 Å². The first-order valence-corrected chi connectivity index (χ1v) is 7.18. The van der Waals surface area contributed by atoms with E-state index in [0.29, 0.717) is 25.9 Å². The first-order valence-electron chi connectivity index (χ1n) is 7.18. The number of amides is 1. The molecule has 1 aliphatic rings. The minimum absolute atomic E-state index is 0.0152. The van der Waals surface area contributed by atoms with Crippen molar-refractivity contribution in [2.75, 3.05) is 6.54 Å². The number of hydrogen-bond donors (Lipinski definition) is 1. The Morgan fingerprint density at radius 1 is 1.38 bits per heavy atom. The molecule has 21 heavy (non-hydrogen) atoms. The predicted octanol–water partition coefficient (Wildman–Crippen LogP) is 2.55. The molecule has 4 nitrogen and oxygen atoms in total. The third kappa shape index (κ3) is 4.28. The minimum atomic E-state index is -1.03. The quantitative estimate of drug-likeness (QED) is 0.840. The summed E-state index contributed by atoms with van der Waals surface area (Å²) in [5.74, 6) is -1.61. The molecule has 0 spiro atoms. The smallest absolute Gasteiger partial charge is 0.303 e. The van der Waals surface area contributed by atoms with Crippen LogP contribution in [-0.2, 0) is 16.1 Å².